The van der Waals surface area contributed by atoms with Gasteiger partial charge in [0, 0.05) is 30.7 Å². The van der Waals surface area contributed by atoms with Gasteiger partial charge in [-0.3, -0.25) is 4.79 Å². The van der Waals surface area contributed by atoms with E-state index in [9.17, 15) is 18.0 Å². The molecule has 0 bridgehead atoms. The first kappa shape index (κ1) is 17.7. The number of halogens is 3. The Labute approximate surface area is 147 Å². The van der Waals surface area contributed by atoms with Gasteiger partial charge in [0.1, 0.15) is 5.69 Å². The molecule has 4 nitrogen and oxygen atoms in total. The highest BCUT2D eigenvalue weighted by Gasteiger charge is 2.49. The lowest BCUT2D eigenvalue weighted by Crippen LogP contribution is -2.39. The molecule has 134 valence electrons. The minimum Gasteiger partial charge on any atom is -0.334 e. The van der Waals surface area contributed by atoms with E-state index in [1.54, 1.807) is 5.38 Å². The molecular weight excluding hydrogens is 351 g/mol. The lowest BCUT2D eigenvalue weighted by Gasteiger charge is -2.25. The molecule has 1 aliphatic heterocycles. The summed E-state index contributed by atoms with van der Waals surface area (Å²) >= 11 is 1.29. The first-order chi connectivity index (χ1) is 11.8. The topological polar surface area (TPSA) is 36.4 Å². The van der Waals surface area contributed by atoms with Crippen molar-refractivity contribution in [3.05, 3.63) is 41.4 Å². The molecule has 0 saturated carbocycles. The van der Waals surface area contributed by atoms with Gasteiger partial charge in [-0.25, -0.2) is 4.98 Å². The number of likely N-dealkylation sites (tertiary alicyclic amines) is 1. The molecule has 0 spiro atoms. The van der Waals surface area contributed by atoms with E-state index in [1.807, 2.05) is 42.3 Å². The Kier molecular flexibility index (Phi) is 4.73. The first-order valence-corrected chi connectivity index (χ1v) is 8.79. The Morgan fingerprint density at radius 1 is 1.32 bits per heavy atom. The third-order valence-electron chi connectivity index (χ3n) is 4.58. The molecule has 1 aromatic carbocycles. The number of amides is 1. The zero-order valence-electron chi connectivity index (χ0n) is 13.8. The molecule has 0 N–H and O–H groups in total. The van der Waals surface area contributed by atoms with Crippen LogP contribution < -0.4 is 4.90 Å². The van der Waals surface area contributed by atoms with Crippen molar-refractivity contribution >= 4 is 28.1 Å². The number of hydrogen-bond acceptors (Lipinski definition) is 4. The predicted octanol–water partition coefficient (Wildman–Crippen LogP) is 4.32. The van der Waals surface area contributed by atoms with Crippen LogP contribution in [0.15, 0.2) is 35.7 Å². The van der Waals surface area contributed by atoms with Crippen molar-refractivity contribution in [3.63, 3.8) is 0 Å². The van der Waals surface area contributed by atoms with Crippen molar-refractivity contribution in [3.8, 4) is 0 Å². The number of anilines is 2. The second-order valence-corrected chi connectivity index (χ2v) is 6.92. The van der Waals surface area contributed by atoms with Crippen LogP contribution in [-0.2, 0) is 0 Å². The average Bonchev–Trinajstić information content (AvgIpc) is 3.21. The van der Waals surface area contributed by atoms with E-state index < -0.39 is 24.0 Å². The van der Waals surface area contributed by atoms with E-state index in [0.717, 1.165) is 5.69 Å². The first-order valence-electron chi connectivity index (χ1n) is 7.91. The van der Waals surface area contributed by atoms with Crippen LogP contribution in [0.2, 0.25) is 0 Å². The Bertz CT molecular complexity index is 747. The fraction of sp³-hybridized carbons (Fsp3) is 0.412. The van der Waals surface area contributed by atoms with E-state index in [-0.39, 0.29) is 18.7 Å². The van der Waals surface area contributed by atoms with E-state index in [4.69, 9.17) is 0 Å². The number of alkyl halides is 3. The molecule has 2 unspecified atom stereocenters. The smallest absolute Gasteiger partial charge is 0.334 e. The summed E-state index contributed by atoms with van der Waals surface area (Å²) in [7, 11) is 1.83. The Morgan fingerprint density at radius 3 is 2.60 bits per heavy atom. The van der Waals surface area contributed by atoms with Crippen molar-refractivity contribution in [1.29, 1.82) is 0 Å². The highest BCUT2D eigenvalue weighted by atomic mass is 32.1. The summed E-state index contributed by atoms with van der Waals surface area (Å²) in [5.74, 6) is -1.91. The van der Waals surface area contributed by atoms with Crippen LogP contribution in [0.5, 0.6) is 0 Å². The van der Waals surface area contributed by atoms with Crippen LogP contribution in [-0.4, -0.2) is 41.6 Å². The Balaban J connectivity index is 1.75. The van der Waals surface area contributed by atoms with Crippen molar-refractivity contribution < 1.29 is 18.0 Å². The van der Waals surface area contributed by atoms with Crippen LogP contribution in [0, 0.1) is 5.92 Å². The summed E-state index contributed by atoms with van der Waals surface area (Å²) in [5, 5.41) is 2.22. The molecule has 0 aliphatic carbocycles. The predicted molar refractivity (Wildman–Crippen MR) is 91.3 cm³/mol. The van der Waals surface area contributed by atoms with Gasteiger partial charge in [-0.15, -0.1) is 11.3 Å². The van der Waals surface area contributed by atoms with Crippen LogP contribution >= 0.6 is 11.3 Å². The van der Waals surface area contributed by atoms with Crippen molar-refractivity contribution in [2.45, 2.75) is 25.6 Å². The summed E-state index contributed by atoms with van der Waals surface area (Å²) in [6.45, 7) is 1.55. The molecule has 1 aliphatic rings. The van der Waals surface area contributed by atoms with E-state index >= 15 is 0 Å². The third kappa shape index (κ3) is 3.49. The van der Waals surface area contributed by atoms with Gasteiger partial charge in [0.25, 0.3) is 5.91 Å². The monoisotopic (exact) mass is 369 g/mol. The average molecular weight is 369 g/mol. The molecule has 1 saturated heterocycles. The van der Waals surface area contributed by atoms with Crippen molar-refractivity contribution in [1.82, 2.24) is 9.88 Å². The van der Waals surface area contributed by atoms with Crippen LogP contribution in [0.25, 0.3) is 0 Å². The number of thiazole rings is 1. The number of rotatable bonds is 3. The van der Waals surface area contributed by atoms with Gasteiger partial charge >= 0.3 is 6.18 Å². The van der Waals surface area contributed by atoms with Gasteiger partial charge < -0.3 is 9.80 Å². The van der Waals surface area contributed by atoms with Crippen LogP contribution in [0.4, 0.5) is 24.0 Å². The van der Waals surface area contributed by atoms with Gasteiger partial charge in [-0.1, -0.05) is 18.2 Å². The van der Waals surface area contributed by atoms with Crippen LogP contribution in [0.1, 0.15) is 23.8 Å². The van der Waals surface area contributed by atoms with E-state index in [2.05, 4.69) is 4.98 Å². The maximum Gasteiger partial charge on any atom is 0.393 e. The molecule has 2 heterocycles. The van der Waals surface area contributed by atoms with Gasteiger partial charge in [0.05, 0.1) is 5.92 Å². The zero-order chi connectivity index (χ0) is 18.2. The lowest BCUT2D eigenvalue weighted by atomic mass is 10.0. The molecule has 2 atom stereocenters. The maximum atomic E-state index is 13.0. The molecule has 25 heavy (non-hydrogen) atoms. The number of carbonyl (C=O) groups is 1. The Morgan fingerprint density at radius 2 is 2.00 bits per heavy atom. The zero-order valence-corrected chi connectivity index (χ0v) is 14.6. The van der Waals surface area contributed by atoms with Crippen molar-refractivity contribution in [2.24, 2.45) is 5.92 Å². The molecular formula is C17H18F3N3OS. The summed E-state index contributed by atoms with van der Waals surface area (Å²) in [6.07, 6.45) is -4.34. The second-order valence-electron chi connectivity index (χ2n) is 6.09. The number of hydrogen-bond donors (Lipinski definition) is 0. The summed E-state index contributed by atoms with van der Waals surface area (Å²) in [4.78, 5) is 20.0. The molecule has 8 heteroatoms. The SMILES string of the molecule is CC1C(C(F)(F)F)CCN1C(=O)c1csc(N(C)c2ccccc2)n1. The van der Waals surface area contributed by atoms with Gasteiger partial charge in [-0.05, 0) is 25.5 Å². The molecule has 1 amide bonds. The van der Waals surface area contributed by atoms with Crippen LogP contribution in [0.3, 0.4) is 0 Å². The summed E-state index contributed by atoms with van der Waals surface area (Å²) < 4.78 is 39.0. The van der Waals surface area contributed by atoms with Crippen molar-refractivity contribution in [2.75, 3.05) is 18.5 Å². The largest absolute Gasteiger partial charge is 0.393 e. The number of nitrogens with zero attached hydrogens (tertiary/aromatic N) is 3. The minimum atomic E-state index is -4.28. The number of benzene rings is 1. The fourth-order valence-electron chi connectivity index (χ4n) is 3.09. The quantitative estimate of drug-likeness (QED) is 0.808. The maximum absolute atomic E-state index is 13.0. The third-order valence-corrected chi connectivity index (χ3v) is 5.49. The molecule has 1 fully saturated rings. The van der Waals surface area contributed by atoms with Gasteiger partial charge in [0.2, 0.25) is 0 Å². The lowest BCUT2D eigenvalue weighted by molar-refractivity contribution is -0.177. The fourth-order valence-corrected chi connectivity index (χ4v) is 3.87. The molecule has 3 rings (SSSR count). The Hall–Kier alpha value is -2.09. The molecule has 0 radical (unpaired) electrons. The molecule has 1 aromatic heterocycles. The normalized spacial score (nSPS) is 20.8. The number of carbonyl (C=O) groups excluding carboxylic acids is 1. The van der Waals surface area contributed by atoms with Gasteiger partial charge in [-0.2, -0.15) is 13.2 Å². The highest BCUT2D eigenvalue weighted by molar-refractivity contribution is 7.14. The van der Waals surface area contributed by atoms with E-state index in [1.165, 1.54) is 23.2 Å². The second kappa shape index (κ2) is 6.67. The summed E-state index contributed by atoms with van der Waals surface area (Å²) in [6, 6.07) is 8.66. The standard InChI is InChI=1S/C17H18F3N3OS/c1-11-13(17(18,19)20)8-9-23(11)15(24)14-10-25-16(21-14)22(2)12-6-4-3-5-7-12/h3-7,10-11,13H,8-9H2,1-2H3. The van der Waals surface area contributed by atoms with Gasteiger partial charge in [0.15, 0.2) is 5.13 Å². The summed E-state index contributed by atoms with van der Waals surface area (Å²) in [5.41, 5.74) is 1.11. The molecule has 2 aromatic rings. The number of para-hydroxylation sites is 1. The highest BCUT2D eigenvalue weighted by Crippen LogP contribution is 2.38. The minimum absolute atomic E-state index is 0.0582. The van der Waals surface area contributed by atoms with E-state index in [0.29, 0.717) is 5.13 Å². The number of aromatic nitrogens is 1.